The van der Waals surface area contributed by atoms with Gasteiger partial charge in [-0.25, -0.2) is 0 Å². The van der Waals surface area contributed by atoms with Crippen molar-refractivity contribution in [2.24, 2.45) is 7.05 Å². The van der Waals surface area contributed by atoms with E-state index in [9.17, 15) is 4.79 Å². The van der Waals surface area contributed by atoms with E-state index in [1.807, 2.05) is 26.0 Å². The van der Waals surface area contributed by atoms with Crippen molar-refractivity contribution in [3.05, 3.63) is 18.0 Å². The van der Waals surface area contributed by atoms with Crippen molar-refractivity contribution in [2.75, 3.05) is 14.1 Å². The molecule has 1 aliphatic rings. The highest BCUT2D eigenvalue weighted by atomic mass is 16.2. The fraction of sp³-hybridized carbons (Fsp3) is 0.692. The zero-order chi connectivity index (χ0) is 13.1. The van der Waals surface area contributed by atoms with E-state index in [-0.39, 0.29) is 5.91 Å². The van der Waals surface area contributed by atoms with Gasteiger partial charge in [0.1, 0.15) is 0 Å². The highest BCUT2D eigenvalue weighted by Crippen LogP contribution is 2.23. The van der Waals surface area contributed by atoms with Crippen molar-refractivity contribution >= 4 is 5.91 Å². The molecule has 2 rings (SSSR count). The van der Waals surface area contributed by atoms with Gasteiger partial charge in [-0.1, -0.05) is 0 Å². The average molecular weight is 250 g/mol. The first-order valence-electron chi connectivity index (χ1n) is 6.55. The van der Waals surface area contributed by atoms with Gasteiger partial charge < -0.3 is 10.2 Å². The molecular weight excluding hydrogens is 228 g/mol. The lowest BCUT2D eigenvalue weighted by Crippen LogP contribution is -2.42. The summed E-state index contributed by atoms with van der Waals surface area (Å²) in [5.74, 6) is 0.0796. The van der Waals surface area contributed by atoms with Gasteiger partial charge in [0, 0.05) is 32.4 Å². The Morgan fingerprint density at radius 3 is 2.61 bits per heavy atom. The summed E-state index contributed by atoms with van der Waals surface area (Å²) in [7, 11) is 5.74. The van der Waals surface area contributed by atoms with Crippen molar-refractivity contribution in [1.82, 2.24) is 20.0 Å². The number of nitrogens with one attached hydrogen (secondary N) is 1. The number of nitrogens with zero attached hydrogens (tertiary/aromatic N) is 3. The summed E-state index contributed by atoms with van der Waals surface area (Å²) in [4.78, 5) is 14.1. The third kappa shape index (κ3) is 2.72. The van der Waals surface area contributed by atoms with Crippen LogP contribution in [0.1, 0.15) is 36.0 Å². The Labute approximate surface area is 108 Å². The number of aryl methyl sites for hydroxylation is 1. The predicted octanol–water partition coefficient (Wildman–Crippen LogP) is 1.02. The van der Waals surface area contributed by atoms with E-state index in [0.29, 0.717) is 17.6 Å². The second-order valence-electron chi connectivity index (χ2n) is 5.11. The molecule has 5 heteroatoms. The molecule has 0 spiro atoms. The van der Waals surface area contributed by atoms with Crippen LogP contribution in [0.15, 0.2) is 12.4 Å². The summed E-state index contributed by atoms with van der Waals surface area (Å²) in [5.41, 5.74) is 0.677. The molecule has 1 amide bonds. The summed E-state index contributed by atoms with van der Waals surface area (Å²) in [6.07, 6.45) is 7.86. The maximum absolute atomic E-state index is 12.3. The van der Waals surface area contributed by atoms with Crippen molar-refractivity contribution < 1.29 is 4.79 Å². The molecule has 1 heterocycles. The number of rotatable bonds is 3. The van der Waals surface area contributed by atoms with Crippen molar-refractivity contribution in [2.45, 2.75) is 37.8 Å². The van der Waals surface area contributed by atoms with E-state index in [2.05, 4.69) is 10.4 Å². The molecule has 0 bridgehead atoms. The standard InChI is InChI=1S/C13H22N4O/c1-14-11-4-6-12(7-5-11)17(3)13(18)10-8-15-16(2)9-10/h8-9,11-12,14H,4-7H2,1-3H3. The Morgan fingerprint density at radius 1 is 1.44 bits per heavy atom. The lowest BCUT2D eigenvalue weighted by atomic mass is 9.90. The van der Waals surface area contributed by atoms with Gasteiger partial charge >= 0.3 is 0 Å². The predicted molar refractivity (Wildman–Crippen MR) is 70.4 cm³/mol. The summed E-state index contributed by atoms with van der Waals surface area (Å²) in [6, 6.07) is 0.977. The second kappa shape index (κ2) is 5.52. The van der Waals surface area contributed by atoms with E-state index in [1.54, 1.807) is 17.1 Å². The molecule has 1 aromatic heterocycles. The van der Waals surface area contributed by atoms with Crippen molar-refractivity contribution in [3.8, 4) is 0 Å². The molecule has 100 valence electrons. The van der Waals surface area contributed by atoms with Crippen LogP contribution in [0.4, 0.5) is 0 Å². The molecule has 1 aliphatic carbocycles. The minimum Gasteiger partial charge on any atom is -0.339 e. The third-order valence-corrected chi connectivity index (χ3v) is 3.92. The SMILES string of the molecule is CNC1CCC(N(C)C(=O)c2cnn(C)c2)CC1. The number of amides is 1. The van der Waals surface area contributed by atoms with Gasteiger partial charge in [-0.2, -0.15) is 5.10 Å². The Bertz CT molecular complexity index is 407. The normalized spacial score (nSPS) is 23.9. The maximum atomic E-state index is 12.3. The van der Waals surface area contributed by atoms with Gasteiger partial charge in [0.15, 0.2) is 0 Å². The van der Waals surface area contributed by atoms with Crippen LogP contribution < -0.4 is 5.32 Å². The van der Waals surface area contributed by atoms with Gasteiger partial charge in [0.2, 0.25) is 0 Å². The monoisotopic (exact) mass is 250 g/mol. The molecule has 5 nitrogen and oxygen atoms in total. The summed E-state index contributed by atoms with van der Waals surface area (Å²) in [6.45, 7) is 0. The number of aromatic nitrogens is 2. The fourth-order valence-electron chi connectivity index (χ4n) is 2.65. The van der Waals surface area contributed by atoms with E-state index in [4.69, 9.17) is 0 Å². The summed E-state index contributed by atoms with van der Waals surface area (Å²) < 4.78 is 1.67. The zero-order valence-electron chi connectivity index (χ0n) is 11.4. The maximum Gasteiger partial charge on any atom is 0.257 e. The number of hydrogen-bond donors (Lipinski definition) is 1. The lowest BCUT2D eigenvalue weighted by Gasteiger charge is -2.34. The fourth-order valence-corrected chi connectivity index (χ4v) is 2.65. The van der Waals surface area contributed by atoms with Crippen molar-refractivity contribution in [3.63, 3.8) is 0 Å². The Hall–Kier alpha value is -1.36. The van der Waals surface area contributed by atoms with E-state index in [0.717, 1.165) is 25.7 Å². The second-order valence-corrected chi connectivity index (χ2v) is 5.11. The Kier molecular flexibility index (Phi) is 4.01. The first kappa shape index (κ1) is 13.1. The minimum absolute atomic E-state index is 0.0796. The molecule has 1 aromatic rings. The molecule has 1 saturated carbocycles. The molecule has 0 atom stereocenters. The van der Waals surface area contributed by atoms with Gasteiger partial charge in [-0.05, 0) is 32.7 Å². The molecular formula is C13H22N4O. The number of hydrogen-bond acceptors (Lipinski definition) is 3. The molecule has 0 aromatic carbocycles. The van der Waals surface area contributed by atoms with Crippen LogP contribution in [-0.2, 0) is 7.05 Å². The molecule has 0 saturated heterocycles. The summed E-state index contributed by atoms with van der Waals surface area (Å²) in [5, 5.41) is 7.36. The molecule has 18 heavy (non-hydrogen) atoms. The van der Waals surface area contributed by atoms with Crippen LogP contribution in [0.2, 0.25) is 0 Å². The van der Waals surface area contributed by atoms with E-state index >= 15 is 0 Å². The van der Waals surface area contributed by atoms with Crippen LogP contribution >= 0.6 is 0 Å². The molecule has 1 fully saturated rings. The van der Waals surface area contributed by atoms with Crippen LogP contribution in [0.3, 0.4) is 0 Å². The smallest absolute Gasteiger partial charge is 0.257 e. The van der Waals surface area contributed by atoms with Crippen LogP contribution in [0, 0.1) is 0 Å². The Balaban J connectivity index is 1.95. The average Bonchev–Trinajstić information content (AvgIpc) is 2.84. The first-order valence-corrected chi connectivity index (χ1v) is 6.55. The zero-order valence-corrected chi connectivity index (χ0v) is 11.4. The van der Waals surface area contributed by atoms with Gasteiger partial charge in [0.05, 0.1) is 11.8 Å². The quantitative estimate of drug-likeness (QED) is 0.871. The molecule has 0 radical (unpaired) electrons. The number of carbonyl (C=O) groups is 1. The van der Waals surface area contributed by atoms with Crippen LogP contribution in [0.25, 0.3) is 0 Å². The first-order chi connectivity index (χ1) is 8.61. The molecule has 0 aliphatic heterocycles. The van der Waals surface area contributed by atoms with Gasteiger partial charge in [-0.3, -0.25) is 9.48 Å². The lowest BCUT2D eigenvalue weighted by molar-refractivity contribution is 0.0685. The number of carbonyl (C=O) groups excluding carboxylic acids is 1. The summed E-state index contributed by atoms with van der Waals surface area (Å²) >= 11 is 0. The van der Waals surface area contributed by atoms with E-state index < -0.39 is 0 Å². The van der Waals surface area contributed by atoms with Gasteiger partial charge in [-0.15, -0.1) is 0 Å². The molecule has 0 unspecified atom stereocenters. The van der Waals surface area contributed by atoms with Crippen molar-refractivity contribution in [1.29, 1.82) is 0 Å². The minimum atomic E-state index is 0.0796. The van der Waals surface area contributed by atoms with Crippen LogP contribution in [-0.4, -0.2) is 46.8 Å². The highest BCUT2D eigenvalue weighted by molar-refractivity contribution is 5.93. The highest BCUT2D eigenvalue weighted by Gasteiger charge is 2.26. The van der Waals surface area contributed by atoms with Crippen LogP contribution in [0.5, 0.6) is 0 Å². The van der Waals surface area contributed by atoms with E-state index in [1.165, 1.54) is 0 Å². The largest absolute Gasteiger partial charge is 0.339 e. The van der Waals surface area contributed by atoms with Gasteiger partial charge in [0.25, 0.3) is 5.91 Å². The Morgan fingerprint density at radius 2 is 2.11 bits per heavy atom. The third-order valence-electron chi connectivity index (χ3n) is 3.92. The molecule has 1 N–H and O–H groups in total. The topological polar surface area (TPSA) is 50.2 Å².